The summed E-state index contributed by atoms with van der Waals surface area (Å²) in [7, 11) is -2.70. The maximum absolute atomic E-state index is 2.70. The van der Waals surface area contributed by atoms with Crippen molar-refractivity contribution in [3.8, 4) is 33.6 Å². The van der Waals surface area contributed by atoms with Crippen molar-refractivity contribution in [2.45, 2.75) is 0 Å². The van der Waals surface area contributed by atoms with E-state index in [2.05, 4.69) is 228 Å². The minimum Gasteiger partial charge on any atom is -0.309 e. The normalized spacial score (nSPS) is 13.1. The van der Waals surface area contributed by atoms with E-state index in [0.717, 1.165) is 5.69 Å². The molecule has 0 radical (unpaired) electrons. The summed E-state index contributed by atoms with van der Waals surface area (Å²) in [5.74, 6) is 0. The Labute approximate surface area is 332 Å². The van der Waals surface area contributed by atoms with Gasteiger partial charge in [-0.15, -0.1) is 0 Å². The van der Waals surface area contributed by atoms with Crippen LogP contribution in [0.5, 0.6) is 0 Å². The van der Waals surface area contributed by atoms with Crippen LogP contribution in [0.4, 0.5) is 0 Å². The molecule has 0 unspecified atom stereocenters. The molecule has 0 amide bonds. The quantitative estimate of drug-likeness (QED) is 0.156. The molecule has 266 valence electrons. The van der Waals surface area contributed by atoms with E-state index in [1.165, 1.54) is 92.3 Å². The predicted molar refractivity (Wildman–Crippen MR) is 243 cm³/mol. The lowest BCUT2D eigenvalue weighted by Crippen LogP contribution is -2.76. The Bertz CT molecular complexity index is 3190. The first kappa shape index (κ1) is 32.1. The highest BCUT2D eigenvalue weighted by atomic mass is 28.3. The van der Waals surface area contributed by atoms with Gasteiger partial charge in [-0.25, -0.2) is 0 Å². The van der Waals surface area contributed by atoms with E-state index < -0.39 is 8.07 Å². The van der Waals surface area contributed by atoms with E-state index in [0.29, 0.717) is 0 Å². The molecule has 11 aromatic rings. The average Bonchev–Trinajstić information content (AvgIpc) is 3.80. The summed E-state index contributed by atoms with van der Waals surface area (Å²) < 4.78 is 5.03. The summed E-state index contributed by atoms with van der Waals surface area (Å²) in [4.78, 5) is 0. The summed E-state index contributed by atoms with van der Waals surface area (Å²) >= 11 is 0. The first-order chi connectivity index (χ1) is 28.3. The molecule has 3 heterocycles. The molecule has 3 heteroatoms. The molecule has 0 spiro atoms. The number of benzene rings is 9. The lowest BCUT2D eigenvalue weighted by molar-refractivity contribution is 1.17. The van der Waals surface area contributed by atoms with Crippen LogP contribution in [-0.4, -0.2) is 17.2 Å². The monoisotopic (exact) mass is 740 g/mol. The molecular weight excluding hydrogens is 705 g/mol. The van der Waals surface area contributed by atoms with Gasteiger partial charge in [0, 0.05) is 32.9 Å². The van der Waals surface area contributed by atoms with Crippen LogP contribution in [0.15, 0.2) is 218 Å². The smallest absolute Gasteiger partial charge is 0.184 e. The first-order valence-electron chi connectivity index (χ1n) is 19.8. The molecule has 0 atom stereocenters. The van der Waals surface area contributed by atoms with Crippen molar-refractivity contribution in [1.82, 2.24) is 9.13 Å². The van der Waals surface area contributed by atoms with E-state index in [1.807, 2.05) is 0 Å². The minimum atomic E-state index is -2.70. The molecule has 1 aliphatic heterocycles. The van der Waals surface area contributed by atoms with Gasteiger partial charge in [0.25, 0.3) is 0 Å². The Balaban J connectivity index is 1.15. The molecule has 0 fully saturated rings. The van der Waals surface area contributed by atoms with Gasteiger partial charge in [0.15, 0.2) is 8.07 Å². The first-order valence-corrected chi connectivity index (χ1v) is 21.8. The van der Waals surface area contributed by atoms with Gasteiger partial charge in [-0.05, 0) is 91.5 Å². The van der Waals surface area contributed by atoms with Crippen LogP contribution >= 0.6 is 0 Å². The number of hydrogen-bond donors (Lipinski definition) is 0. The van der Waals surface area contributed by atoms with E-state index in [9.17, 15) is 0 Å². The molecule has 9 aromatic carbocycles. The zero-order valence-electron chi connectivity index (χ0n) is 31.2. The van der Waals surface area contributed by atoms with Crippen LogP contribution in [0, 0.1) is 0 Å². The number of fused-ring (bicyclic) bond motifs is 8. The van der Waals surface area contributed by atoms with Gasteiger partial charge in [0.05, 0.1) is 22.1 Å². The molecule has 0 saturated carbocycles. The van der Waals surface area contributed by atoms with Crippen molar-refractivity contribution in [3.05, 3.63) is 218 Å². The van der Waals surface area contributed by atoms with Crippen molar-refractivity contribution in [3.63, 3.8) is 0 Å². The maximum atomic E-state index is 2.56. The fraction of sp³-hybridized carbons (Fsp3) is 0. The van der Waals surface area contributed by atoms with Crippen LogP contribution in [0.3, 0.4) is 0 Å². The number of rotatable bonds is 5. The van der Waals surface area contributed by atoms with Gasteiger partial charge in [-0.1, -0.05) is 170 Å². The standard InChI is InChI=1S/C54H36N2Si/c1-5-16-37(17-6-1)39-28-31-48-45(34-39)46-35-40(38-18-7-2-8-19-38)29-32-49(46)55(48)41-30-33-50-47(36-41)44-24-15-27-53-54(44)56(50)51-25-13-14-26-52(51)57(53,42-20-9-3-10-21-42)43-22-11-4-12-23-43/h1-36H. The van der Waals surface area contributed by atoms with E-state index >= 15 is 0 Å². The molecule has 0 N–H and O–H groups in total. The van der Waals surface area contributed by atoms with Gasteiger partial charge in [0.2, 0.25) is 0 Å². The minimum absolute atomic E-state index is 1.16. The second-order valence-electron chi connectivity index (χ2n) is 15.3. The van der Waals surface area contributed by atoms with Crippen LogP contribution < -0.4 is 20.7 Å². The lowest BCUT2D eigenvalue weighted by Gasteiger charge is -2.39. The topological polar surface area (TPSA) is 9.86 Å². The average molecular weight is 741 g/mol. The van der Waals surface area contributed by atoms with Crippen molar-refractivity contribution >= 4 is 72.4 Å². The SMILES string of the molecule is c1ccc(-c2ccc3c(c2)c2cc(-c4ccccc4)ccc2n3-c2ccc3c(c2)c2cccc4c2n3-c2ccccc2[Si]4(c2ccccc2)c2ccccc2)cc1. The molecule has 2 nitrogen and oxygen atoms in total. The van der Waals surface area contributed by atoms with Gasteiger partial charge in [-0.3, -0.25) is 0 Å². The van der Waals surface area contributed by atoms with Crippen LogP contribution in [-0.2, 0) is 0 Å². The Morgan fingerprint density at radius 3 is 1.37 bits per heavy atom. The Hall–Kier alpha value is -7.20. The highest BCUT2D eigenvalue weighted by Gasteiger charge is 2.47. The second-order valence-corrected chi connectivity index (χ2v) is 19.0. The Morgan fingerprint density at radius 1 is 0.298 bits per heavy atom. The van der Waals surface area contributed by atoms with Crippen molar-refractivity contribution in [2.24, 2.45) is 0 Å². The number of aromatic nitrogens is 2. The van der Waals surface area contributed by atoms with Crippen LogP contribution in [0.1, 0.15) is 0 Å². The van der Waals surface area contributed by atoms with E-state index in [1.54, 1.807) is 0 Å². The third-order valence-corrected chi connectivity index (χ3v) is 17.2. The van der Waals surface area contributed by atoms with Crippen LogP contribution in [0.25, 0.3) is 77.2 Å². The van der Waals surface area contributed by atoms with Crippen LogP contribution in [0.2, 0.25) is 0 Å². The molecule has 0 bridgehead atoms. The molecule has 2 aromatic heterocycles. The summed E-state index contributed by atoms with van der Waals surface area (Å²) in [6.07, 6.45) is 0. The highest BCUT2D eigenvalue weighted by molar-refractivity contribution is 7.21. The summed E-state index contributed by atoms with van der Waals surface area (Å²) in [5.41, 5.74) is 12.3. The fourth-order valence-electron chi connectivity index (χ4n) is 9.97. The maximum Gasteiger partial charge on any atom is 0.184 e. The predicted octanol–water partition coefficient (Wildman–Crippen LogP) is 10.9. The second kappa shape index (κ2) is 12.4. The number of para-hydroxylation sites is 2. The summed E-state index contributed by atoms with van der Waals surface area (Å²) in [6, 6.07) is 81.3. The third kappa shape index (κ3) is 4.58. The molecule has 1 aliphatic rings. The summed E-state index contributed by atoms with van der Waals surface area (Å²) in [6.45, 7) is 0. The zero-order chi connectivity index (χ0) is 37.5. The van der Waals surface area contributed by atoms with Gasteiger partial charge >= 0.3 is 0 Å². The number of hydrogen-bond acceptors (Lipinski definition) is 0. The third-order valence-electron chi connectivity index (χ3n) is 12.4. The lowest BCUT2D eigenvalue weighted by atomic mass is 10.0. The largest absolute Gasteiger partial charge is 0.309 e. The zero-order valence-corrected chi connectivity index (χ0v) is 32.2. The van der Waals surface area contributed by atoms with Crippen molar-refractivity contribution in [1.29, 1.82) is 0 Å². The van der Waals surface area contributed by atoms with E-state index in [-0.39, 0.29) is 0 Å². The fourth-order valence-corrected chi connectivity index (χ4v) is 15.1. The van der Waals surface area contributed by atoms with Crippen molar-refractivity contribution < 1.29 is 0 Å². The molecule has 0 aliphatic carbocycles. The molecule has 0 saturated heterocycles. The molecule has 12 rings (SSSR count). The van der Waals surface area contributed by atoms with Gasteiger partial charge in [-0.2, -0.15) is 0 Å². The highest BCUT2D eigenvalue weighted by Crippen LogP contribution is 2.40. The molecule has 57 heavy (non-hydrogen) atoms. The van der Waals surface area contributed by atoms with Gasteiger partial charge in [0.1, 0.15) is 0 Å². The Kier molecular flexibility index (Phi) is 6.98. The van der Waals surface area contributed by atoms with E-state index in [4.69, 9.17) is 0 Å². The summed E-state index contributed by atoms with van der Waals surface area (Å²) in [5, 5.41) is 10.7. The number of nitrogens with zero attached hydrogens (tertiary/aromatic N) is 2. The van der Waals surface area contributed by atoms with Gasteiger partial charge < -0.3 is 9.13 Å². The van der Waals surface area contributed by atoms with Crippen molar-refractivity contribution in [2.75, 3.05) is 0 Å². The molecular formula is C54H36N2Si. The Morgan fingerprint density at radius 2 is 0.772 bits per heavy atom.